The molecule has 0 aliphatic heterocycles. The Hall–Kier alpha value is -1.87. The van der Waals surface area contributed by atoms with Crippen molar-refractivity contribution in [2.45, 2.75) is 24.4 Å². The number of carbonyl (C=O) groups is 1. The van der Waals surface area contributed by atoms with Gasteiger partial charge in [0.2, 0.25) is 0 Å². The SMILES string of the molecule is O=C(O)C(O)C1(c2cccc3ccccc23)CC1. The van der Waals surface area contributed by atoms with Crippen LogP contribution in [-0.2, 0) is 10.2 Å². The standard InChI is InChI=1S/C15H14O3/c16-13(14(17)18)15(8-9-15)12-7-3-5-10-4-1-2-6-11(10)12/h1-7,13,16H,8-9H2,(H,17,18). The van der Waals surface area contributed by atoms with Crippen LogP contribution in [0.25, 0.3) is 10.8 Å². The van der Waals surface area contributed by atoms with E-state index in [1.165, 1.54) is 0 Å². The highest BCUT2D eigenvalue weighted by Crippen LogP contribution is 2.52. The summed E-state index contributed by atoms with van der Waals surface area (Å²) >= 11 is 0. The molecular weight excluding hydrogens is 228 g/mol. The Kier molecular flexibility index (Phi) is 2.38. The molecule has 1 aliphatic rings. The van der Waals surface area contributed by atoms with Crippen molar-refractivity contribution in [3.63, 3.8) is 0 Å². The summed E-state index contributed by atoms with van der Waals surface area (Å²) in [5, 5.41) is 21.1. The molecule has 2 N–H and O–H groups in total. The average Bonchev–Trinajstić information content (AvgIpc) is 3.18. The molecule has 3 rings (SSSR count). The minimum Gasteiger partial charge on any atom is -0.479 e. The Labute approximate surface area is 105 Å². The zero-order chi connectivity index (χ0) is 12.8. The number of carboxylic acid groups (broad SMARTS) is 1. The van der Waals surface area contributed by atoms with Crippen LogP contribution in [0.2, 0.25) is 0 Å². The van der Waals surface area contributed by atoms with E-state index in [2.05, 4.69) is 0 Å². The van der Waals surface area contributed by atoms with E-state index in [0.717, 1.165) is 29.2 Å². The van der Waals surface area contributed by atoms with Crippen molar-refractivity contribution in [2.75, 3.05) is 0 Å². The molecule has 1 fully saturated rings. The number of hydrogen-bond donors (Lipinski definition) is 2. The number of carboxylic acids is 1. The van der Waals surface area contributed by atoms with Crippen molar-refractivity contribution < 1.29 is 15.0 Å². The summed E-state index contributed by atoms with van der Waals surface area (Å²) in [7, 11) is 0. The molecule has 92 valence electrons. The number of rotatable bonds is 3. The Morgan fingerprint density at radius 1 is 1.11 bits per heavy atom. The van der Waals surface area contributed by atoms with Gasteiger partial charge in [-0.05, 0) is 29.2 Å². The van der Waals surface area contributed by atoms with Gasteiger partial charge in [-0.1, -0.05) is 42.5 Å². The van der Waals surface area contributed by atoms with Crippen LogP contribution in [0, 0.1) is 0 Å². The fraction of sp³-hybridized carbons (Fsp3) is 0.267. The van der Waals surface area contributed by atoms with Crippen LogP contribution in [0.3, 0.4) is 0 Å². The van der Waals surface area contributed by atoms with Gasteiger partial charge in [0.1, 0.15) is 0 Å². The topological polar surface area (TPSA) is 57.5 Å². The molecule has 2 aromatic carbocycles. The van der Waals surface area contributed by atoms with Crippen LogP contribution < -0.4 is 0 Å². The summed E-state index contributed by atoms with van der Waals surface area (Å²) in [4.78, 5) is 11.0. The van der Waals surface area contributed by atoms with Crippen LogP contribution in [0.4, 0.5) is 0 Å². The number of fused-ring (bicyclic) bond motifs is 1. The number of aliphatic hydroxyl groups is 1. The maximum atomic E-state index is 11.0. The van der Waals surface area contributed by atoms with Crippen molar-refractivity contribution in [1.29, 1.82) is 0 Å². The molecule has 3 nitrogen and oxygen atoms in total. The third-order valence-electron chi connectivity index (χ3n) is 3.87. The van der Waals surface area contributed by atoms with Gasteiger partial charge in [0.25, 0.3) is 0 Å². The third kappa shape index (κ3) is 1.51. The minimum absolute atomic E-state index is 0.591. The summed E-state index contributed by atoms with van der Waals surface area (Å²) in [6.45, 7) is 0. The summed E-state index contributed by atoms with van der Waals surface area (Å²) in [5.41, 5.74) is 0.364. The van der Waals surface area contributed by atoms with Crippen LogP contribution in [0.1, 0.15) is 18.4 Å². The maximum absolute atomic E-state index is 11.0. The molecule has 0 aromatic heterocycles. The van der Waals surface area contributed by atoms with E-state index in [0.29, 0.717) is 0 Å². The highest BCUT2D eigenvalue weighted by Gasteiger charge is 2.54. The van der Waals surface area contributed by atoms with Crippen molar-refractivity contribution in [3.8, 4) is 0 Å². The summed E-state index contributed by atoms with van der Waals surface area (Å²) in [6, 6.07) is 13.7. The fourth-order valence-electron chi connectivity index (χ4n) is 2.72. The third-order valence-corrected chi connectivity index (χ3v) is 3.87. The van der Waals surface area contributed by atoms with Gasteiger partial charge >= 0.3 is 5.97 Å². The Morgan fingerprint density at radius 3 is 2.44 bits per heavy atom. The first-order chi connectivity index (χ1) is 8.65. The van der Waals surface area contributed by atoms with Gasteiger partial charge in [-0.15, -0.1) is 0 Å². The lowest BCUT2D eigenvalue weighted by Crippen LogP contribution is -2.33. The van der Waals surface area contributed by atoms with Gasteiger partial charge in [0.15, 0.2) is 6.10 Å². The van der Waals surface area contributed by atoms with Crippen LogP contribution in [0.5, 0.6) is 0 Å². The molecule has 0 bridgehead atoms. The lowest BCUT2D eigenvalue weighted by atomic mass is 9.86. The monoisotopic (exact) mass is 242 g/mol. The molecule has 0 saturated heterocycles. The molecule has 3 heteroatoms. The molecule has 18 heavy (non-hydrogen) atoms. The quantitative estimate of drug-likeness (QED) is 0.868. The maximum Gasteiger partial charge on any atom is 0.333 e. The van der Waals surface area contributed by atoms with Crippen molar-refractivity contribution in [2.24, 2.45) is 0 Å². The Bertz CT molecular complexity index is 609. The van der Waals surface area contributed by atoms with Gasteiger partial charge in [0, 0.05) is 5.41 Å². The van der Waals surface area contributed by atoms with E-state index in [1.807, 2.05) is 42.5 Å². The lowest BCUT2D eigenvalue weighted by molar-refractivity contribution is -0.148. The molecular formula is C15H14O3. The van der Waals surface area contributed by atoms with Gasteiger partial charge in [0.05, 0.1) is 0 Å². The second-order valence-electron chi connectivity index (χ2n) is 4.92. The van der Waals surface area contributed by atoms with Crippen molar-refractivity contribution in [1.82, 2.24) is 0 Å². The molecule has 1 atom stereocenters. The smallest absolute Gasteiger partial charge is 0.333 e. The number of aliphatic hydroxyl groups excluding tert-OH is 1. The van der Waals surface area contributed by atoms with Gasteiger partial charge in [-0.3, -0.25) is 0 Å². The van der Waals surface area contributed by atoms with E-state index in [-0.39, 0.29) is 0 Å². The Balaban J connectivity index is 2.18. The highest BCUT2D eigenvalue weighted by atomic mass is 16.4. The molecule has 1 aliphatic carbocycles. The largest absolute Gasteiger partial charge is 0.479 e. The van der Waals surface area contributed by atoms with Crippen molar-refractivity contribution >= 4 is 16.7 Å². The van der Waals surface area contributed by atoms with Crippen LogP contribution in [-0.4, -0.2) is 22.3 Å². The Morgan fingerprint density at radius 2 is 1.78 bits per heavy atom. The van der Waals surface area contributed by atoms with E-state index < -0.39 is 17.5 Å². The summed E-state index contributed by atoms with van der Waals surface area (Å²) in [6.07, 6.45) is 0.145. The van der Waals surface area contributed by atoms with Crippen LogP contribution in [0.15, 0.2) is 42.5 Å². The van der Waals surface area contributed by atoms with E-state index in [9.17, 15) is 9.90 Å². The number of aliphatic carboxylic acids is 1. The molecule has 1 saturated carbocycles. The summed E-state index contributed by atoms with van der Waals surface area (Å²) < 4.78 is 0. The molecule has 0 spiro atoms. The minimum atomic E-state index is -1.32. The highest BCUT2D eigenvalue weighted by molar-refractivity contribution is 5.88. The van der Waals surface area contributed by atoms with Gasteiger partial charge in [-0.2, -0.15) is 0 Å². The zero-order valence-electron chi connectivity index (χ0n) is 9.84. The van der Waals surface area contributed by atoms with Gasteiger partial charge in [-0.25, -0.2) is 4.79 Å². The molecule has 0 heterocycles. The second-order valence-corrected chi connectivity index (χ2v) is 4.92. The molecule has 2 aromatic rings. The fourth-order valence-corrected chi connectivity index (χ4v) is 2.72. The predicted octanol–water partition coefficient (Wildman–Crippen LogP) is 2.32. The lowest BCUT2D eigenvalue weighted by Gasteiger charge is -2.21. The molecule has 0 amide bonds. The summed E-state index contributed by atoms with van der Waals surface area (Å²) in [5.74, 6) is -1.14. The molecule has 1 unspecified atom stereocenters. The predicted molar refractivity (Wildman–Crippen MR) is 68.5 cm³/mol. The first-order valence-electron chi connectivity index (χ1n) is 6.04. The number of hydrogen-bond acceptors (Lipinski definition) is 2. The normalized spacial score (nSPS) is 18.5. The van der Waals surface area contributed by atoms with E-state index >= 15 is 0 Å². The molecule has 0 radical (unpaired) electrons. The first kappa shape index (κ1) is 11.2. The van der Waals surface area contributed by atoms with E-state index in [1.54, 1.807) is 0 Å². The van der Waals surface area contributed by atoms with Crippen molar-refractivity contribution in [3.05, 3.63) is 48.0 Å². The van der Waals surface area contributed by atoms with Crippen LogP contribution >= 0.6 is 0 Å². The first-order valence-corrected chi connectivity index (χ1v) is 6.04. The van der Waals surface area contributed by atoms with Gasteiger partial charge < -0.3 is 10.2 Å². The zero-order valence-corrected chi connectivity index (χ0v) is 9.84. The number of benzene rings is 2. The second kappa shape index (κ2) is 3.82. The average molecular weight is 242 g/mol. The van der Waals surface area contributed by atoms with E-state index in [4.69, 9.17) is 5.11 Å².